The van der Waals surface area contributed by atoms with E-state index in [1.54, 1.807) is 0 Å². The van der Waals surface area contributed by atoms with Crippen LogP contribution in [0.1, 0.15) is 12.8 Å². The quantitative estimate of drug-likeness (QED) is 0.446. The van der Waals surface area contributed by atoms with Crippen LogP contribution in [0.15, 0.2) is 9.98 Å². The lowest BCUT2D eigenvalue weighted by Gasteiger charge is -2.26. The summed E-state index contributed by atoms with van der Waals surface area (Å²) >= 11 is 0. The Hall–Kier alpha value is -0.900. The average molecular weight is 168 g/mol. The predicted octanol–water partition coefficient (Wildman–Crippen LogP) is 0.0959. The fourth-order valence-corrected chi connectivity index (χ4v) is 1.35. The molecule has 0 spiro atoms. The summed E-state index contributed by atoms with van der Waals surface area (Å²) in [4.78, 5) is 10.1. The summed E-state index contributed by atoms with van der Waals surface area (Å²) in [7, 11) is 2.12. The molecule has 1 aliphatic rings. The van der Waals surface area contributed by atoms with Gasteiger partial charge in [0.25, 0.3) is 0 Å². The van der Waals surface area contributed by atoms with E-state index >= 15 is 0 Å². The standard InChI is InChI=1S/C8H16N4/c1-10-8(9)11-7-3-5-12(2)6-4-7/h7H,1,3-6H2,2H3,(H2,9,11). The third-order valence-electron chi connectivity index (χ3n) is 2.16. The van der Waals surface area contributed by atoms with Gasteiger partial charge in [0.2, 0.25) is 5.96 Å². The number of nitrogens with zero attached hydrogens (tertiary/aromatic N) is 3. The molecule has 0 amide bonds. The van der Waals surface area contributed by atoms with Crippen LogP contribution in [0.2, 0.25) is 0 Å². The van der Waals surface area contributed by atoms with Crippen molar-refractivity contribution in [2.45, 2.75) is 18.9 Å². The Morgan fingerprint density at radius 1 is 1.50 bits per heavy atom. The summed E-state index contributed by atoms with van der Waals surface area (Å²) in [5, 5.41) is 0. The van der Waals surface area contributed by atoms with Crippen molar-refractivity contribution in [3.63, 3.8) is 0 Å². The number of piperidine rings is 1. The van der Waals surface area contributed by atoms with E-state index in [9.17, 15) is 0 Å². The number of hydrogen-bond acceptors (Lipinski definition) is 2. The fourth-order valence-electron chi connectivity index (χ4n) is 1.35. The molecule has 68 valence electrons. The van der Waals surface area contributed by atoms with Crippen molar-refractivity contribution in [2.75, 3.05) is 20.1 Å². The Bertz CT molecular complexity index is 179. The number of aliphatic imine (C=N–C) groups is 2. The van der Waals surface area contributed by atoms with Gasteiger partial charge in [0.15, 0.2) is 0 Å². The van der Waals surface area contributed by atoms with Crippen molar-refractivity contribution < 1.29 is 0 Å². The van der Waals surface area contributed by atoms with E-state index in [1.807, 2.05) is 0 Å². The SMILES string of the molecule is C=NC(N)=NC1CCN(C)CC1. The van der Waals surface area contributed by atoms with E-state index in [-0.39, 0.29) is 0 Å². The molecule has 0 unspecified atom stereocenters. The van der Waals surface area contributed by atoms with Crippen LogP contribution in [0, 0.1) is 0 Å². The zero-order valence-electron chi connectivity index (χ0n) is 7.53. The number of hydrogen-bond donors (Lipinski definition) is 1. The highest BCUT2D eigenvalue weighted by Gasteiger charge is 2.15. The Balaban J connectivity index is 2.40. The first-order valence-corrected chi connectivity index (χ1v) is 4.21. The fraction of sp³-hybridized carbons (Fsp3) is 0.750. The van der Waals surface area contributed by atoms with E-state index in [1.165, 1.54) is 0 Å². The van der Waals surface area contributed by atoms with Crippen molar-refractivity contribution >= 4 is 12.7 Å². The van der Waals surface area contributed by atoms with E-state index in [0.29, 0.717) is 12.0 Å². The molecule has 0 aromatic carbocycles. The number of likely N-dealkylation sites (tertiary alicyclic amines) is 1. The van der Waals surface area contributed by atoms with E-state index < -0.39 is 0 Å². The van der Waals surface area contributed by atoms with Gasteiger partial charge in [0.1, 0.15) is 0 Å². The van der Waals surface area contributed by atoms with Gasteiger partial charge in [-0.05, 0) is 39.7 Å². The molecule has 1 saturated heterocycles. The normalized spacial score (nSPS) is 22.6. The highest BCUT2D eigenvalue weighted by Crippen LogP contribution is 2.11. The molecular formula is C8H16N4. The van der Waals surface area contributed by atoms with Gasteiger partial charge >= 0.3 is 0 Å². The maximum Gasteiger partial charge on any atom is 0.214 e. The van der Waals surface area contributed by atoms with Crippen LogP contribution in [0.4, 0.5) is 0 Å². The summed E-state index contributed by atoms with van der Waals surface area (Å²) in [6, 6.07) is 0.353. The third-order valence-corrected chi connectivity index (χ3v) is 2.16. The molecule has 1 rings (SSSR count). The largest absolute Gasteiger partial charge is 0.368 e. The second-order valence-electron chi connectivity index (χ2n) is 3.18. The van der Waals surface area contributed by atoms with Crippen molar-refractivity contribution in [1.82, 2.24) is 4.90 Å². The molecule has 0 atom stereocenters. The van der Waals surface area contributed by atoms with E-state index in [2.05, 4.69) is 28.6 Å². The molecule has 0 aromatic heterocycles. The van der Waals surface area contributed by atoms with Gasteiger partial charge in [-0.15, -0.1) is 0 Å². The van der Waals surface area contributed by atoms with Crippen molar-refractivity contribution in [3.05, 3.63) is 0 Å². The number of nitrogens with two attached hydrogens (primary N) is 1. The van der Waals surface area contributed by atoms with Crippen molar-refractivity contribution in [1.29, 1.82) is 0 Å². The smallest absolute Gasteiger partial charge is 0.214 e. The second-order valence-corrected chi connectivity index (χ2v) is 3.18. The van der Waals surface area contributed by atoms with Gasteiger partial charge in [-0.1, -0.05) is 0 Å². The predicted molar refractivity (Wildman–Crippen MR) is 51.7 cm³/mol. The number of rotatable bonds is 1. The van der Waals surface area contributed by atoms with Crippen LogP contribution in [0.3, 0.4) is 0 Å². The number of guanidine groups is 1. The third kappa shape index (κ3) is 2.62. The highest BCUT2D eigenvalue weighted by molar-refractivity contribution is 5.82. The molecule has 4 heteroatoms. The Morgan fingerprint density at radius 2 is 2.08 bits per heavy atom. The van der Waals surface area contributed by atoms with Gasteiger partial charge < -0.3 is 10.6 Å². The molecule has 0 radical (unpaired) electrons. The average Bonchev–Trinajstić information content (AvgIpc) is 2.09. The van der Waals surface area contributed by atoms with Crippen LogP contribution in [0.25, 0.3) is 0 Å². The summed E-state index contributed by atoms with van der Waals surface area (Å²) in [5.41, 5.74) is 5.45. The summed E-state index contributed by atoms with van der Waals surface area (Å²) < 4.78 is 0. The molecule has 0 saturated carbocycles. The minimum absolute atomic E-state index is 0.324. The zero-order valence-corrected chi connectivity index (χ0v) is 7.53. The summed E-state index contributed by atoms with van der Waals surface area (Å²) in [6.45, 7) is 5.52. The topological polar surface area (TPSA) is 54.0 Å². The van der Waals surface area contributed by atoms with Gasteiger partial charge in [-0.3, -0.25) is 0 Å². The van der Waals surface area contributed by atoms with Crippen LogP contribution >= 0.6 is 0 Å². The van der Waals surface area contributed by atoms with Crippen LogP contribution in [0.5, 0.6) is 0 Å². The molecule has 1 heterocycles. The molecule has 1 fully saturated rings. The minimum Gasteiger partial charge on any atom is -0.368 e. The van der Waals surface area contributed by atoms with Gasteiger partial charge in [-0.2, -0.15) is 0 Å². The maximum atomic E-state index is 5.45. The first-order valence-electron chi connectivity index (χ1n) is 4.21. The molecule has 4 nitrogen and oxygen atoms in total. The Morgan fingerprint density at radius 3 is 2.58 bits per heavy atom. The lowest BCUT2D eigenvalue weighted by molar-refractivity contribution is 0.257. The first kappa shape index (κ1) is 9.19. The van der Waals surface area contributed by atoms with E-state index in [0.717, 1.165) is 25.9 Å². The first-order chi connectivity index (χ1) is 5.72. The Kier molecular flexibility index (Phi) is 3.22. The van der Waals surface area contributed by atoms with Crippen molar-refractivity contribution in [2.24, 2.45) is 15.7 Å². The summed E-state index contributed by atoms with van der Waals surface area (Å²) in [5.74, 6) is 0.324. The zero-order chi connectivity index (χ0) is 8.97. The molecular weight excluding hydrogens is 152 g/mol. The molecule has 2 N–H and O–H groups in total. The lowest BCUT2D eigenvalue weighted by atomic mass is 10.1. The highest BCUT2D eigenvalue weighted by atomic mass is 15.1. The molecule has 0 aliphatic carbocycles. The van der Waals surface area contributed by atoms with Gasteiger partial charge in [0, 0.05) is 0 Å². The van der Waals surface area contributed by atoms with E-state index in [4.69, 9.17) is 5.73 Å². The second kappa shape index (κ2) is 4.21. The lowest BCUT2D eigenvalue weighted by Crippen LogP contribution is -2.32. The minimum atomic E-state index is 0.324. The van der Waals surface area contributed by atoms with Crippen molar-refractivity contribution in [3.8, 4) is 0 Å². The van der Waals surface area contributed by atoms with Gasteiger partial charge in [-0.25, -0.2) is 9.98 Å². The molecule has 1 aliphatic heterocycles. The molecule has 0 aromatic rings. The monoisotopic (exact) mass is 168 g/mol. The van der Waals surface area contributed by atoms with Crippen LogP contribution in [-0.4, -0.2) is 43.8 Å². The molecule has 12 heavy (non-hydrogen) atoms. The molecule has 0 bridgehead atoms. The van der Waals surface area contributed by atoms with Crippen LogP contribution < -0.4 is 5.73 Å². The van der Waals surface area contributed by atoms with Crippen LogP contribution in [-0.2, 0) is 0 Å². The maximum absolute atomic E-state index is 5.45. The van der Waals surface area contributed by atoms with Gasteiger partial charge in [0.05, 0.1) is 6.04 Å². The Labute approximate surface area is 73.2 Å². The summed E-state index contributed by atoms with van der Waals surface area (Å²) in [6.07, 6.45) is 2.15.